The lowest BCUT2D eigenvalue weighted by atomic mass is 10.0. The van der Waals surface area contributed by atoms with Crippen LogP contribution in [0, 0.1) is 5.82 Å². The number of amides is 1. The van der Waals surface area contributed by atoms with E-state index in [1.54, 1.807) is 12.1 Å². The molecule has 1 amide bonds. The second kappa shape index (κ2) is 14.8. The molecule has 0 saturated heterocycles. The number of carbonyl (C=O) groups is 1. The van der Waals surface area contributed by atoms with Crippen LogP contribution in [-0.4, -0.2) is 46.6 Å². The molecule has 1 aromatic heterocycles. The van der Waals surface area contributed by atoms with E-state index in [2.05, 4.69) is 15.2 Å². The van der Waals surface area contributed by atoms with Crippen molar-refractivity contribution in [1.82, 2.24) is 15.2 Å². The van der Waals surface area contributed by atoms with Crippen molar-refractivity contribution in [3.63, 3.8) is 0 Å². The Morgan fingerprint density at radius 1 is 1.05 bits per heavy atom. The van der Waals surface area contributed by atoms with E-state index in [-0.39, 0.29) is 22.3 Å². The summed E-state index contributed by atoms with van der Waals surface area (Å²) in [5.74, 6) is -0.0116. The van der Waals surface area contributed by atoms with Gasteiger partial charge in [0.05, 0.1) is 4.70 Å². The number of nitrogens with zero attached hydrogens (tertiary/aromatic N) is 1. The highest BCUT2D eigenvalue weighted by molar-refractivity contribution is 7.16. The Labute approximate surface area is 238 Å². The second-order valence-electron chi connectivity index (χ2n) is 10.5. The molecule has 0 unspecified atom stereocenters. The summed E-state index contributed by atoms with van der Waals surface area (Å²) in [7, 11) is 0. The van der Waals surface area contributed by atoms with E-state index in [4.69, 9.17) is 11.6 Å². The third-order valence-electron chi connectivity index (χ3n) is 7.67. The van der Waals surface area contributed by atoms with Gasteiger partial charge in [0.15, 0.2) is 0 Å². The molecule has 1 aliphatic rings. The van der Waals surface area contributed by atoms with Crippen LogP contribution in [0.5, 0.6) is 5.75 Å². The zero-order valence-corrected chi connectivity index (χ0v) is 24.0. The van der Waals surface area contributed by atoms with Crippen LogP contribution in [0.25, 0.3) is 10.2 Å². The molecule has 9 heteroatoms. The predicted octanol–water partition coefficient (Wildman–Crippen LogP) is 6.57. The van der Waals surface area contributed by atoms with Gasteiger partial charge in [-0.05, 0) is 74.4 Å². The topological polar surface area (TPSA) is 85.4 Å². The van der Waals surface area contributed by atoms with Crippen molar-refractivity contribution in [1.29, 1.82) is 0 Å². The molecule has 1 heterocycles. The maximum Gasteiger partial charge on any atom is 0.305 e. The van der Waals surface area contributed by atoms with Gasteiger partial charge in [0.25, 0.3) is 0 Å². The Kier molecular flexibility index (Phi) is 11.2. The van der Waals surface area contributed by atoms with Gasteiger partial charge in [-0.25, -0.2) is 4.39 Å². The lowest BCUT2D eigenvalue weighted by Gasteiger charge is -2.31. The molecule has 0 atom stereocenters. The first kappa shape index (κ1) is 29.6. The fraction of sp³-hybridized carbons (Fsp3) is 0.533. The first-order valence-corrected chi connectivity index (χ1v) is 15.4. The number of hydrogen-bond acceptors (Lipinski definition) is 5. The van der Waals surface area contributed by atoms with Gasteiger partial charge in [0.2, 0.25) is 5.91 Å². The van der Waals surface area contributed by atoms with Crippen LogP contribution in [0.15, 0.2) is 35.1 Å². The predicted molar refractivity (Wildman–Crippen MR) is 157 cm³/mol. The SMILES string of the molecule is O=C(CCNCCc1ccc(F)cc1Cl)N(CCCCCc1ccc(O)c2[nH]c(=O)sc12)C1CCCCCC1. The van der Waals surface area contributed by atoms with Gasteiger partial charge in [0.1, 0.15) is 17.1 Å². The Balaban J connectivity index is 1.24. The molecule has 212 valence electrons. The largest absolute Gasteiger partial charge is 0.506 e. The first-order valence-electron chi connectivity index (χ1n) is 14.2. The average molecular weight is 576 g/mol. The number of benzene rings is 2. The van der Waals surface area contributed by atoms with E-state index in [1.165, 1.54) is 37.8 Å². The Hall–Kier alpha value is -2.42. The average Bonchev–Trinajstić information content (AvgIpc) is 3.12. The van der Waals surface area contributed by atoms with Crippen LogP contribution in [0.1, 0.15) is 75.3 Å². The number of phenolic OH excluding ortho intramolecular Hbond substituents is 1. The van der Waals surface area contributed by atoms with Crippen molar-refractivity contribution in [3.05, 3.63) is 62.0 Å². The molecule has 1 aliphatic carbocycles. The monoisotopic (exact) mass is 575 g/mol. The Morgan fingerprint density at radius 2 is 1.82 bits per heavy atom. The molecule has 1 saturated carbocycles. The van der Waals surface area contributed by atoms with E-state index in [1.807, 2.05) is 6.07 Å². The van der Waals surface area contributed by atoms with Gasteiger partial charge < -0.3 is 20.3 Å². The Bertz CT molecular complexity index is 1290. The summed E-state index contributed by atoms with van der Waals surface area (Å²) < 4.78 is 14.1. The molecule has 0 spiro atoms. The van der Waals surface area contributed by atoms with Crippen LogP contribution >= 0.6 is 22.9 Å². The second-order valence-corrected chi connectivity index (χ2v) is 11.9. The number of fused-ring (bicyclic) bond motifs is 1. The van der Waals surface area contributed by atoms with Crippen molar-refractivity contribution in [2.45, 2.75) is 83.1 Å². The van der Waals surface area contributed by atoms with Gasteiger partial charge in [0, 0.05) is 30.6 Å². The number of phenols is 1. The number of carbonyl (C=O) groups excluding carboxylic acids is 1. The quantitative estimate of drug-likeness (QED) is 0.159. The number of nitrogens with one attached hydrogen (secondary N) is 2. The van der Waals surface area contributed by atoms with Gasteiger partial charge in [-0.3, -0.25) is 9.59 Å². The number of unbranched alkanes of at least 4 members (excludes halogenated alkanes) is 2. The number of aromatic nitrogens is 1. The molecule has 6 nitrogen and oxygen atoms in total. The summed E-state index contributed by atoms with van der Waals surface area (Å²) in [6.45, 7) is 2.07. The lowest BCUT2D eigenvalue weighted by molar-refractivity contribution is -0.133. The molecule has 1 fully saturated rings. The Morgan fingerprint density at radius 3 is 2.59 bits per heavy atom. The van der Waals surface area contributed by atoms with Crippen molar-refractivity contribution in [2.24, 2.45) is 0 Å². The normalized spacial score (nSPS) is 14.5. The van der Waals surface area contributed by atoms with Crippen LogP contribution in [0.4, 0.5) is 4.39 Å². The number of aryl methyl sites for hydroxylation is 1. The number of aromatic amines is 1. The molecular weight excluding hydrogens is 537 g/mol. The van der Waals surface area contributed by atoms with E-state index in [0.717, 1.165) is 72.2 Å². The van der Waals surface area contributed by atoms with E-state index >= 15 is 0 Å². The van der Waals surface area contributed by atoms with Gasteiger partial charge >= 0.3 is 4.87 Å². The van der Waals surface area contributed by atoms with Gasteiger partial charge in [-0.1, -0.05) is 67.2 Å². The third-order valence-corrected chi connectivity index (χ3v) is 8.98. The minimum Gasteiger partial charge on any atom is -0.506 e. The molecule has 3 N–H and O–H groups in total. The van der Waals surface area contributed by atoms with E-state index in [0.29, 0.717) is 42.5 Å². The minimum atomic E-state index is -0.336. The van der Waals surface area contributed by atoms with Crippen LogP contribution in [0.3, 0.4) is 0 Å². The molecule has 4 rings (SSSR count). The molecule has 0 aliphatic heterocycles. The molecule has 39 heavy (non-hydrogen) atoms. The smallest absolute Gasteiger partial charge is 0.305 e. The highest BCUT2D eigenvalue weighted by Crippen LogP contribution is 2.29. The number of thiazole rings is 1. The number of halogens is 2. The van der Waals surface area contributed by atoms with E-state index < -0.39 is 0 Å². The maximum absolute atomic E-state index is 13.3. The summed E-state index contributed by atoms with van der Waals surface area (Å²) >= 11 is 7.27. The van der Waals surface area contributed by atoms with Crippen molar-refractivity contribution < 1.29 is 14.3 Å². The third kappa shape index (κ3) is 8.53. The van der Waals surface area contributed by atoms with Crippen molar-refractivity contribution in [3.8, 4) is 5.75 Å². The summed E-state index contributed by atoms with van der Waals surface area (Å²) in [4.78, 5) is 29.8. The van der Waals surface area contributed by atoms with Crippen molar-refractivity contribution >= 4 is 39.1 Å². The zero-order valence-electron chi connectivity index (χ0n) is 22.4. The minimum absolute atomic E-state index is 0.110. The summed E-state index contributed by atoms with van der Waals surface area (Å²) in [6.07, 6.45) is 11.9. The number of hydrogen-bond donors (Lipinski definition) is 3. The van der Waals surface area contributed by atoms with Crippen LogP contribution in [-0.2, 0) is 17.6 Å². The molecular formula is C30H39ClFN3O3S. The number of rotatable bonds is 13. The fourth-order valence-electron chi connectivity index (χ4n) is 5.54. The highest BCUT2D eigenvalue weighted by atomic mass is 35.5. The molecule has 0 radical (unpaired) electrons. The van der Waals surface area contributed by atoms with Crippen molar-refractivity contribution in [2.75, 3.05) is 19.6 Å². The summed E-state index contributed by atoms with van der Waals surface area (Å²) in [5, 5.41) is 13.8. The van der Waals surface area contributed by atoms with E-state index in [9.17, 15) is 19.1 Å². The molecule has 0 bridgehead atoms. The molecule has 3 aromatic rings. The zero-order chi connectivity index (χ0) is 27.6. The number of H-pyrrole nitrogens is 1. The van der Waals surface area contributed by atoms with Crippen LogP contribution in [0.2, 0.25) is 5.02 Å². The maximum atomic E-state index is 13.3. The van der Waals surface area contributed by atoms with Gasteiger partial charge in [-0.15, -0.1) is 0 Å². The standard InChI is InChI=1S/C30H39ClFN3O3S/c31-25-20-23(32)13-11-21(25)15-17-33-18-16-27(37)35(24-9-5-1-2-6-10-24)19-7-3-4-8-22-12-14-26(36)28-29(22)39-30(38)34-28/h11-14,20,24,33,36H,1-10,15-19H2,(H,34,38). The summed E-state index contributed by atoms with van der Waals surface area (Å²) in [6, 6.07) is 8.34. The number of aromatic hydroxyl groups is 1. The molecule has 2 aromatic carbocycles. The summed E-state index contributed by atoms with van der Waals surface area (Å²) in [5.41, 5.74) is 2.51. The first-order chi connectivity index (χ1) is 18.9. The highest BCUT2D eigenvalue weighted by Gasteiger charge is 2.24. The lowest BCUT2D eigenvalue weighted by Crippen LogP contribution is -2.42. The fourth-order valence-corrected chi connectivity index (χ4v) is 6.70. The van der Waals surface area contributed by atoms with Crippen LogP contribution < -0.4 is 10.2 Å². The van der Waals surface area contributed by atoms with Gasteiger partial charge in [-0.2, -0.15) is 0 Å².